The Balaban J connectivity index is 1.48. The molecule has 0 spiro atoms. The van der Waals surface area contributed by atoms with Gasteiger partial charge in [-0.1, -0.05) is 81.1 Å². The van der Waals surface area contributed by atoms with Crippen LogP contribution < -0.4 is 5.32 Å². The quantitative estimate of drug-likeness (QED) is 0.180. The fraction of sp³-hybridized carbons (Fsp3) is 0.241. The summed E-state index contributed by atoms with van der Waals surface area (Å²) < 4.78 is 0. The van der Waals surface area contributed by atoms with Crippen LogP contribution in [0.2, 0.25) is 0 Å². The molecule has 0 saturated heterocycles. The monoisotopic (exact) mass is 449 g/mol. The van der Waals surface area contributed by atoms with Gasteiger partial charge in [-0.3, -0.25) is 0 Å². The van der Waals surface area contributed by atoms with Gasteiger partial charge in [0, 0.05) is 11.9 Å². The second-order valence-electron chi connectivity index (χ2n) is 8.28. The first kappa shape index (κ1) is 23.3. The molecule has 4 aromatic rings. The summed E-state index contributed by atoms with van der Waals surface area (Å²) in [6.07, 6.45) is 6.27. The van der Waals surface area contributed by atoms with Crippen LogP contribution in [0.4, 0.5) is 28.4 Å². The van der Waals surface area contributed by atoms with Crippen molar-refractivity contribution in [3.05, 3.63) is 91.0 Å². The molecule has 0 atom stereocenters. The van der Waals surface area contributed by atoms with Crippen molar-refractivity contribution in [1.29, 1.82) is 0 Å². The van der Waals surface area contributed by atoms with Gasteiger partial charge in [-0.2, -0.15) is 15.3 Å². The Morgan fingerprint density at radius 3 is 1.91 bits per heavy atom. The van der Waals surface area contributed by atoms with E-state index in [4.69, 9.17) is 0 Å². The molecule has 0 aromatic heterocycles. The van der Waals surface area contributed by atoms with Crippen LogP contribution in [-0.2, 0) is 0 Å². The predicted octanol–water partition coefficient (Wildman–Crippen LogP) is 10.1. The summed E-state index contributed by atoms with van der Waals surface area (Å²) in [6.45, 7) is 3.18. The molecule has 0 heterocycles. The maximum absolute atomic E-state index is 4.66. The van der Waals surface area contributed by atoms with Crippen molar-refractivity contribution in [3.8, 4) is 0 Å². The fourth-order valence-electron chi connectivity index (χ4n) is 3.76. The van der Waals surface area contributed by atoms with Gasteiger partial charge in [0.2, 0.25) is 0 Å². The molecule has 0 unspecified atom stereocenters. The Bertz CT molecular complexity index is 1230. The minimum Gasteiger partial charge on any atom is -0.383 e. The number of hydrogen-bond donors (Lipinski definition) is 1. The van der Waals surface area contributed by atoms with Crippen molar-refractivity contribution in [1.82, 2.24) is 0 Å². The lowest BCUT2D eigenvalue weighted by Crippen LogP contribution is -2.01. The van der Waals surface area contributed by atoms with E-state index in [9.17, 15) is 0 Å². The Morgan fingerprint density at radius 1 is 0.559 bits per heavy atom. The third kappa shape index (κ3) is 6.58. The largest absolute Gasteiger partial charge is 0.383 e. The standard InChI is InChI=1S/C29H31N5/c1-2-3-4-5-11-22-30-28-21-16-23-12-9-10-15-27(23)29(28)34-33-26-19-17-25(18-20-26)32-31-24-13-7-6-8-14-24/h6-10,12-21,30H,2-5,11,22H2,1H3. The molecule has 1 N–H and O–H groups in total. The molecule has 0 aliphatic heterocycles. The molecule has 172 valence electrons. The second-order valence-corrected chi connectivity index (χ2v) is 8.28. The second kappa shape index (κ2) is 12.4. The van der Waals surface area contributed by atoms with Crippen LogP contribution in [0.5, 0.6) is 0 Å². The molecule has 0 saturated carbocycles. The van der Waals surface area contributed by atoms with Crippen LogP contribution in [0.1, 0.15) is 39.0 Å². The maximum Gasteiger partial charge on any atom is 0.117 e. The number of fused-ring (bicyclic) bond motifs is 1. The Hall–Kier alpha value is -3.86. The fourth-order valence-corrected chi connectivity index (χ4v) is 3.76. The summed E-state index contributed by atoms with van der Waals surface area (Å²) in [5.41, 5.74) is 4.27. The van der Waals surface area contributed by atoms with Crippen LogP contribution in [0.3, 0.4) is 0 Å². The number of hydrogen-bond acceptors (Lipinski definition) is 5. The molecule has 0 amide bonds. The van der Waals surface area contributed by atoms with E-state index in [2.05, 4.69) is 57.0 Å². The number of nitrogens with zero attached hydrogens (tertiary/aromatic N) is 4. The number of unbranched alkanes of at least 4 members (excludes halogenated alkanes) is 4. The highest BCUT2D eigenvalue weighted by Gasteiger charge is 2.07. The minimum absolute atomic E-state index is 0.775. The lowest BCUT2D eigenvalue weighted by Gasteiger charge is -2.11. The van der Waals surface area contributed by atoms with E-state index in [1.54, 1.807) is 0 Å². The van der Waals surface area contributed by atoms with Gasteiger partial charge in [-0.15, -0.1) is 5.11 Å². The van der Waals surface area contributed by atoms with Gasteiger partial charge in [0.15, 0.2) is 0 Å². The van der Waals surface area contributed by atoms with Crippen molar-refractivity contribution in [2.45, 2.75) is 39.0 Å². The Kier molecular flexibility index (Phi) is 8.50. The number of anilines is 1. The highest BCUT2D eigenvalue weighted by Crippen LogP contribution is 2.35. The summed E-state index contributed by atoms with van der Waals surface area (Å²) >= 11 is 0. The van der Waals surface area contributed by atoms with E-state index in [-0.39, 0.29) is 0 Å². The van der Waals surface area contributed by atoms with Crippen LogP contribution >= 0.6 is 0 Å². The van der Waals surface area contributed by atoms with Crippen molar-refractivity contribution in [3.63, 3.8) is 0 Å². The zero-order valence-corrected chi connectivity index (χ0v) is 19.7. The molecule has 4 rings (SSSR count). The van der Waals surface area contributed by atoms with E-state index in [1.807, 2.05) is 66.7 Å². The van der Waals surface area contributed by atoms with Gasteiger partial charge in [0.25, 0.3) is 0 Å². The van der Waals surface area contributed by atoms with Gasteiger partial charge >= 0.3 is 0 Å². The first-order valence-electron chi connectivity index (χ1n) is 12.1. The van der Waals surface area contributed by atoms with E-state index >= 15 is 0 Å². The molecule has 34 heavy (non-hydrogen) atoms. The van der Waals surface area contributed by atoms with Crippen LogP contribution in [0, 0.1) is 0 Å². The smallest absolute Gasteiger partial charge is 0.117 e. The van der Waals surface area contributed by atoms with Crippen molar-refractivity contribution >= 4 is 39.2 Å². The molecule has 0 fully saturated rings. The highest BCUT2D eigenvalue weighted by molar-refractivity contribution is 5.98. The molecule has 0 radical (unpaired) electrons. The molecule has 0 aliphatic carbocycles. The Labute approximate surface area is 201 Å². The highest BCUT2D eigenvalue weighted by atomic mass is 15.1. The minimum atomic E-state index is 0.775. The number of rotatable bonds is 11. The van der Waals surface area contributed by atoms with E-state index < -0.39 is 0 Å². The third-order valence-corrected chi connectivity index (χ3v) is 5.65. The maximum atomic E-state index is 4.66. The normalized spacial score (nSPS) is 11.6. The third-order valence-electron chi connectivity index (χ3n) is 5.65. The zero-order valence-electron chi connectivity index (χ0n) is 19.7. The van der Waals surface area contributed by atoms with Gasteiger partial charge in [0.05, 0.1) is 22.7 Å². The van der Waals surface area contributed by atoms with Gasteiger partial charge < -0.3 is 5.32 Å². The molecule has 4 aromatic carbocycles. The summed E-state index contributed by atoms with van der Waals surface area (Å²) in [4.78, 5) is 0. The Morgan fingerprint density at radius 2 is 1.18 bits per heavy atom. The van der Waals surface area contributed by atoms with Crippen molar-refractivity contribution in [2.75, 3.05) is 11.9 Å². The van der Waals surface area contributed by atoms with E-state index in [0.717, 1.165) is 52.2 Å². The van der Waals surface area contributed by atoms with Crippen molar-refractivity contribution in [2.24, 2.45) is 20.5 Å². The van der Waals surface area contributed by atoms with Crippen LogP contribution in [0.25, 0.3) is 10.8 Å². The predicted molar refractivity (Wildman–Crippen MR) is 142 cm³/mol. The average molecular weight is 450 g/mol. The van der Waals surface area contributed by atoms with Gasteiger partial charge in [0.1, 0.15) is 5.69 Å². The summed E-state index contributed by atoms with van der Waals surface area (Å²) in [5, 5.41) is 23.6. The molecule has 0 bridgehead atoms. The van der Waals surface area contributed by atoms with Gasteiger partial charge in [-0.05, 0) is 54.3 Å². The van der Waals surface area contributed by atoms with Gasteiger partial charge in [-0.25, -0.2) is 0 Å². The summed E-state index contributed by atoms with van der Waals surface area (Å²) in [5.74, 6) is 0. The average Bonchev–Trinajstić information content (AvgIpc) is 2.89. The van der Waals surface area contributed by atoms with Crippen molar-refractivity contribution < 1.29 is 0 Å². The van der Waals surface area contributed by atoms with Crippen LogP contribution in [-0.4, -0.2) is 6.54 Å². The first-order valence-corrected chi connectivity index (χ1v) is 12.1. The lowest BCUT2D eigenvalue weighted by atomic mass is 10.1. The molecular weight excluding hydrogens is 418 g/mol. The summed E-state index contributed by atoms with van der Waals surface area (Å²) in [7, 11) is 0. The summed E-state index contributed by atoms with van der Waals surface area (Å²) in [6, 6.07) is 29.9. The molecule has 5 heteroatoms. The number of benzene rings is 4. The van der Waals surface area contributed by atoms with E-state index in [0.29, 0.717) is 0 Å². The molecule has 5 nitrogen and oxygen atoms in total. The van der Waals surface area contributed by atoms with E-state index in [1.165, 1.54) is 25.7 Å². The number of azo groups is 2. The SMILES string of the molecule is CCCCCCCNc1ccc2ccccc2c1N=Nc1ccc(N=Nc2ccccc2)cc1. The topological polar surface area (TPSA) is 61.5 Å². The molecule has 0 aliphatic rings. The number of nitrogens with one attached hydrogen (secondary N) is 1. The van der Waals surface area contributed by atoms with Crippen LogP contribution in [0.15, 0.2) is 111 Å². The first-order chi connectivity index (χ1) is 16.8. The lowest BCUT2D eigenvalue weighted by molar-refractivity contribution is 0.645. The zero-order chi connectivity index (χ0) is 23.4. The molecular formula is C29H31N5.